The third-order valence-corrected chi connectivity index (χ3v) is 16.8. The first-order valence-electron chi connectivity index (χ1n) is 27.3. The van der Waals surface area contributed by atoms with Gasteiger partial charge in [0.25, 0.3) is 0 Å². The van der Waals surface area contributed by atoms with E-state index >= 15 is 0 Å². The van der Waals surface area contributed by atoms with Crippen molar-refractivity contribution in [3.63, 3.8) is 0 Å². The fourth-order valence-corrected chi connectivity index (χ4v) is 12.9. The summed E-state index contributed by atoms with van der Waals surface area (Å²) in [5.74, 6) is 0. The van der Waals surface area contributed by atoms with Gasteiger partial charge in [-0.2, -0.15) is 0 Å². The maximum Gasteiger partial charge on any atom is 0.0547 e. The predicted molar refractivity (Wildman–Crippen MR) is 342 cm³/mol. The molecule has 3 nitrogen and oxygen atoms in total. The van der Waals surface area contributed by atoms with Crippen LogP contribution < -0.4 is 9.80 Å². The lowest BCUT2D eigenvalue weighted by molar-refractivity contribution is 1.18. The van der Waals surface area contributed by atoms with Gasteiger partial charge in [0.2, 0.25) is 0 Å². The predicted octanol–water partition coefficient (Wildman–Crippen LogP) is 21.9. The molecule has 0 fully saturated rings. The van der Waals surface area contributed by atoms with E-state index in [2.05, 4.69) is 324 Å². The summed E-state index contributed by atoms with van der Waals surface area (Å²) < 4.78 is 4.92. The Morgan fingerprint density at radius 1 is 0.225 bits per heavy atom. The molecule has 0 aliphatic rings. The summed E-state index contributed by atoms with van der Waals surface area (Å²) in [6.07, 6.45) is 0. The number of aromatic nitrogens is 1. The fraction of sp³-hybridized carbons (Fsp3) is 0. The normalized spacial score (nSPS) is 11.5. The van der Waals surface area contributed by atoms with Crippen LogP contribution in [0.3, 0.4) is 0 Å². The molecule has 13 aromatic carbocycles. The lowest BCUT2D eigenvalue weighted by Crippen LogP contribution is -2.13. The first-order valence-corrected chi connectivity index (χ1v) is 28.1. The van der Waals surface area contributed by atoms with E-state index in [1.807, 2.05) is 11.3 Å². The highest BCUT2D eigenvalue weighted by Crippen LogP contribution is 2.46. The van der Waals surface area contributed by atoms with Crippen molar-refractivity contribution in [2.24, 2.45) is 0 Å². The van der Waals surface area contributed by atoms with E-state index in [0.29, 0.717) is 0 Å². The number of fused-ring (bicyclic) bond motifs is 7. The van der Waals surface area contributed by atoms with Crippen LogP contribution in [0.15, 0.2) is 309 Å². The molecular weight excluding hydrogens is 987 g/mol. The third-order valence-electron chi connectivity index (χ3n) is 15.7. The van der Waals surface area contributed by atoms with E-state index in [-0.39, 0.29) is 0 Å². The number of thiophene rings is 1. The van der Waals surface area contributed by atoms with E-state index in [4.69, 9.17) is 0 Å². The number of benzene rings is 13. The molecule has 0 atom stereocenters. The molecule has 0 spiro atoms. The highest BCUT2D eigenvalue weighted by molar-refractivity contribution is 7.25. The van der Waals surface area contributed by atoms with Crippen LogP contribution in [-0.4, -0.2) is 4.57 Å². The van der Waals surface area contributed by atoms with E-state index in [1.165, 1.54) is 80.6 Å². The van der Waals surface area contributed by atoms with E-state index in [0.717, 1.165) is 56.5 Å². The molecule has 376 valence electrons. The first kappa shape index (κ1) is 47.0. The number of hydrogen-bond acceptors (Lipinski definition) is 3. The smallest absolute Gasteiger partial charge is 0.0547 e. The quantitative estimate of drug-likeness (QED) is 0.128. The molecular formula is C76H51N3S. The second-order valence-corrected chi connectivity index (χ2v) is 21.6. The zero-order chi connectivity index (χ0) is 52.9. The lowest BCUT2D eigenvalue weighted by atomic mass is 9.97. The Hall–Kier alpha value is -10.3. The minimum absolute atomic E-state index is 1.04. The average Bonchev–Trinajstić information content (AvgIpc) is 4.27. The molecule has 0 bridgehead atoms. The Morgan fingerprint density at radius 2 is 0.688 bits per heavy atom. The van der Waals surface area contributed by atoms with Gasteiger partial charge in [0.05, 0.1) is 11.0 Å². The van der Waals surface area contributed by atoms with Crippen molar-refractivity contribution in [2.45, 2.75) is 0 Å². The number of anilines is 6. The summed E-state index contributed by atoms with van der Waals surface area (Å²) >= 11 is 1.85. The van der Waals surface area contributed by atoms with Crippen molar-refractivity contribution in [2.75, 3.05) is 9.80 Å². The van der Waals surface area contributed by atoms with Crippen molar-refractivity contribution < 1.29 is 0 Å². The highest BCUT2D eigenvalue weighted by atomic mass is 32.1. The summed E-state index contributed by atoms with van der Waals surface area (Å²) in [7, 11) is 0. The molecule has 0 saturated heterocycles. The molecule has 15 aromatic rings. The van der Waals surface area contributed by atoms with Gasteiger partial charge in [-0.25, -0.2) is 0 Å². The fourth-order valence-electron chi connectivity index (χ4n) is 11.9. The number of nitrogens with zero attached hydrogens (tertiary/aromatic N) is 3. The molecule has 15 rings (SSSR count). The molecule has 0 radical (unpaired) electrons. The van der Waals surface area contributed by atoms with Gasteiger partial charge in [0.15, 0.2) is 0 Å². The molecule has 2 aromatic heterocycles. The molecule has 0 aliphatic heterocycles. The second-order valence-electron chi connectivity index (χ2n) is 20.6. The van der Waals surface area contributed by atoms with Crippen molar-refractivity contribution in [1.29, 1.82) is 0 Å². The van der Waals surface area contributed by atoms with Gasteiger partial charge in [0.1, 0.15) is 0 Å². The van der Waals surface area contributed by atoms with Crippen LogP contribution >= 0.6 is 11.3 Å². The summed E-state index contributed by atoms with van der Waals surface area (Å²) in [6, 6.07) is 113. The largest absolute Gasteiger partial charge is 0.310 e. The first-order chi connectivity index (χ1) is 39.6. The van der Waals surface area contributed by atoms with Gasteiger partial charge in [0, 0.05) is 70.8 Å². The van der Waals surface area contributed by atoms with Gasteiger partial charge < -0.3 is 14.4 Å². The topological polar surface area (TPSA) is 11.4 Å². The molecule has 0 N–H and O–H groups in total. The minimum atomic E-state index is 1.04. The molecule has 0 unspecified atom stereocenters. The second kappa shape index (κ2) is 20.0. The van der Waals surface area contributed by atoms with Gasteiger partial charge in [-0.3, -0.25) is 0 Å². The Kier molecular flexibility index (Phi) is 11.7. The Bertz CT molecular complexity index is 4720. The maximum atomic E-state index is 2.44. The molecule has 0 amide bonds. The van der Waals surface area contributed by atoms with Crippen LogP contribution in [0.25, 0.3) is 103 Å². The number of para-hydroxylation sites is 2. The van der Waals surface area contributed by atoms with Gasteiger partial charge >= 0.3 is 0 Å². The monoisotopic (exact) mass is 1040 g/mol. The standard InChI is InChI=1S/C76H51N3S/c1-5-19-52(20-6-1)57-27-17-30-63(44-57)77(67-39-42-76-72(51-67)71-48-58(37-41-75(71)80-76)59-36-40-70-69-33-15-16-34-73(69)79(74(70)49-59)62-28-11-4-12-29-62)64-31-18-32-65(50-64)78(66-38-35-55-25-13-14-26-56(55)45-66)68-46-60(53-21-7-2-8-22-53)43-61(47-68)54-23-9-3-10-24-54/h1-51H. The average molecular weight is 1040 g/mol. The minimum Gasteiger partial charge on any atom is -0.310 e. The van der Waals surface area contributed by atoms with Crippen LogP contribution in [0.4, 0.5) is 34.1 Å². The van der Waals surface area contributed by atoms with Crippen LogP contribution in [0.1, 0.15) is 0 Å². The highest BCUT2D eigenvalue weighted by Gasteiger charge is 2.22. The summed E-state index contributed by atoms with van der Waals surface area (Å²) in [4.78, 5) is 4.87. The Balaban J connectivity index is 0.905. The van der Waals surface area contributed by atoms with Crippen LogP contribution in [0.5, 0.6) is 0 Å². The van der Waals surface area contributed by atoms with Crippen molar-refractivity contribution >= 4 is 98.2 Å². The van der Waals surface area contributed by atoms with Crippen LogP contribution in [0, 0.1) is 0 Å². The molecule has 2 heterocycles. The third kappa shape index (κ3) is 8.56. The summed E-state index contributed by atoms with van der Waals surface area (Å²) in [5.41, 5.74) is 19.3. The van der Waals surface area contributed by atoms with Gasteiger partial charge in [-0.05, 0) is 171 Å². The van der Waals surface area contributed by atoms with Crippen molar-refractivity contribution in [3.05, 3.63) is 309 Å². The molecule has 80 heavy (non-hydrogen) atoms. The van der Waals surface area contributed by atoms with E-state index in [9.17, 15) is 0 Å². The summed E-state index contributed by atoms with van der Waals surface area (Å²) in [5, 5.41) is 7.36. The molecule has 0 saturated carbocycles. The van der Waals surface area contributed by atoms with Crippen molar-refractivity contribution in [3.8, 4) is 50.2 Å². The van der Waals surface area contributed by atoms with Crippen molar-refractivity contribution in [1.82, 2.24) is 4.57 Å². The number of hydrogen-bond donors (Lipinski definition) is 0. The number of rotatable bonds is 11. The van der Waals surface area contributed by atoms with Crippen LogP contribution in [0.2, 0.25) is 0 Å². The SMILES string of the molecule is c1ccc(-c2cccc(N(c3cccc(N(c4cc(-c5ccccc5)cc(-c5ccccc5)c4)c4ccc5ccccc5c4)c3)c3ccc4sc5ccc(-c6ccc7c8ccccc8n(-c8ccccc8)c7c6)cc5c4c3)c2)cc1. The van der Waals surface area contributed by atoms with Gasteiger partial charge in [-0.1, -0.05) is 194 Å². The van der Waals surface area contributed by atoms with Gasteiger partial charge in [-0.15, -0.1) is 11.3 Å². The molecule has 4 heteroatoms. The zero-order valence-electron chi connectivity index (χ0n) is 43.7. The zero-order valence-corrected chi connectivity index (χ0v) is 44.5. The van der Waals surface area contributed by atoms with Crippen LogP contribution in [-0.2, 0) is 0 Å². The Morgan fingerprint density at radius 3 is 1.40 bits per heavy atom. The Labute approximate surface area is 469 Å². The lowest BCUT2D eigenvalue weighted by Gasteiger charge is -2.30. The van der Waals surface area contributed by atoms with E-state index in [1.54, 1.807) is 0 Å². The summed E-state index contributed by atoms with van der Waals surface area (Å²) in [6.45, 7) is 0. The maximum absolute atomic E-state index is 2.44. The van der Waals surface area contributed by atoms with E-state index < -0.39 is 0 Å². The molecule has 0 aliphatic carbocycles.